The lowest BCUT2D eigenvalue weighted by atomic mass is 9.98. The van der Waals surface area contributed by atoms with Crippen molar-refractivity contribution in [2.45, 2.75) is 32.5 Å². The Labute approximate surface area is 142 Å². The monoisotopic (exact) mass is 326 g/mol. The first kappa shape index (κ1) is 16.5. The summed E-state index contributed by atoms with van der Waals surface area (Å²) in [7, 11) is 1.59. The third kappa shape index (κ3) is 2.89. The lowest BCUT2D eigenvalue weighted by Gasteiger charge is -2.22. The Morgan fingerprint density at radius 2 is 2.04 bits per heavy atom. The van der Waals surface area contributed by atoms with Crippen molar-refractivity contribution in [2.75, 3.05) is 13.7 Å². The van der Waals surface area contributed by atoms with Crippen molar-refractivity contribution in [3.8, 4) is 5.75 Å². The summed E-state index contributed by atoms with van der Waals surface area (Å²) in [6, 6.07) is 9.51. The molecule has 3 rings (SSSR count). The molecule has 0 saturated carbocycles. The fourth-order valence-corrected chi connectivity index (χ4v) is 2.98. The Bertz CT molecular complexity index is 818. The Balaban J connectivity index is 2.03. The van der Waals surface area contributed by atoms with Crippen molar-refractivity contribution in [1.29, 1.82) is 0 Å². The first-order valence-electron chi connectivity index (χ1n) is 7.93. The zero-order valence-electron chi connectivity index (χ0n) is 14.5. The van der Waals surface area contributed by atoms with Gasteiger partial charge in [0, 0.05) is 0 Å². The minimum Gasteiger partial charge on any atom is -0.497 e. The van der Waals surface area contributed by atoms with Gasteiger partial charge >= 0.3 is 5.97 Å². The molecule has 0 spiro atoms. The smallest absolute Gasteiger partial charge is 0.339 e. The van der Waals surface area contributed by atoms with Crippen LogP contribution in [0.4, 0.5) is 0 Å². The molecule has 1 aliphatic heterocycles. The van der Waals surface area contributed by atoms with E-state index < -0.39 is 17.7 Å². The van der Waals surface area contributed by atoms with E-state index in [0.717, 1.165) is 21.9 Å². The largest absolute Gasteiger partial charge is 0.497 e. The molecule has 0 radical (unpaired) electrons. The van der Waals surface area contributed by atoms with Crippen LogP contribution in [-0.4, -0.2) is 31.4 Å². The highest BCUT2D eigenvalue weighted by atomic mass is 16.6. The van der Waals surface area contributed by atoms with Crippen molar-refractivity contribution < 1.29 is 19.0 Å². The second-order valence-corrected chi connectivity index (χ2v) is 6.58. The normalized spacial score (nSPS) is 20.5. The van der Waals surface area contributed by atoms with Gasteiger partial charge in [0.15, 0.2) is 6.10 Å². The van der Waals surface area contributed by atoms with Crippen LogP contribution in [0.25, 0.3) is 10.8 Å². The molecule has 4 heteroatoms. The summed E-state index contributed by atoms with van der Waals surface area (Å²) in [5.74, 6) is 0.235. The summed E-state index contributed by atoms with van der Waals surface area (Å²) < 4.78 is 16.5. The number of methoxy groups -OCH3 is 1. The van der Waals surface area contributed by atoms with Gasteiger partial charge in [-0.2, -0.15) is 0 Å². The van der Waals surface area contributed by atoms with Crippen LogP contribution in [0, 0.1) is 6.92 Å². The van der Waals surface area contributed by atoms with Gasteiger partial charge in [0.2, 0.25) is 0 Å². The van der Waals surface area contributed by atoms with Crippen LogP contribution in [0.3, 0.4) is 0 Å². The van der Waals surface area contributed by atoms with Gasteiger partial charge < -0.3 is 14.2 Å². The number of hydrogen-bond donors (Lipinski definition) is 0. The topological polar surface area (TPSA) is 48.1 Å². The molecule has 1 saturated heterocycles. The molecule has 0 aromatic heterocycles. The number of carbonyl (C=O) groups is 1. The van der Waals surface area contributed by atoms with E-state index in [9.17, 15) is 4.79 Å². The van der Waals surface area contributed by atoms with Crippen molar-refractivity contribution in [1.82, 2.24) is 0 Å². The van der Waals surface area contributed by atoms with Crippen LogP contribution < -0.4 is 4.74 Å². The van der Waals surface area contributed by atoms with E-state index in [1.165, 1.54) is 0 Å². The highest BCUT2D eigenvalue weighted by molar-refractivity contribution is 6.06. The first-order chi connectivity index (χ1) is 11.4. The molecule has 0 aliphatic carbocycles. The van der Waals surface area contributed by atoms with Crippen LogP contribution in [-0.2, 0) is 9.47 Å². The molecule has 4 nitrogen and oxygen atoms in total. The molecule has 2 aromatic carbocycles. The maximum Gasteiger partial charge on any atom is 0.339 e. The van der Waals surface area contributed by atoms with E-state index in [1.54, 1.807) is 13.2 Å². The zero-order chi connectivity index (χ0) is 17.5. The molecule has 126 valence electrons. The van der Waals surface area contributed by atoms with Gasteiger partial charge in [0.1, 0.15) is 11.4 Å². The van der Waals surface area contributed by atoms with Gasteiger partial charge in [-0.3, -0.25) is 0 Å². The van der Waals surface area contributed by atoms with Gasteiger partial charge in [0.05, 0.1) is 19.3 Å². The van der Waals surface area contributed by atoms with E-state index in [-0.39, 0.29) is 0 Å². The molecule has 0 bridgehead atoms. The van der Waals surface area contributed by atoms with Crippen LogP contribution in [0.5, 0.6) is 5.75 Å². The van der Waals surface area contributed by atoms with Crippen molar-refractivity contribution in [2.24, 2.45) is 0 Å². The lowest BCUT2D eigenvalue weighted by molar-refractivity contribution is 0.0200. The average molecular weight is 326 g/mol. The third-order valence-electron chi connectivity index (χ3n) is 4.47. The molecule has 1 fully saturated rings. The number of rotatable bonds is 5. The fourth-order valence-electron chi connectivity index (χ4n) is 2.98. The van der Waals surface area contributed by atoms with Crippen LogP contribution >= 0.6 is 0 Å². The third-order valence-corrected chi connectivity index (χ3v) is 4.47. The van der Waals surface area contributed by atoms with Crippen LogP contribution in [0.1, 0.15) is 29.8 Å². The van der Waals surface area contributed by atoms with E-state index in [2.05, 4.69) is 6.58 Å². The first-order valence-corrected chi connectivity index (χ1v) is 7.93. The minimum atomic E-state index is -0.466. The van der Waals surface area contributed by atoms with E-state index in [1.807, 2.05) is 45.0 Å². The van der Waals surface area contributed by atoms with Crippen LogP contribution in [0.2, 0.25) is 0 Å². The summed E-state index contributed by atoms with van der Waals surface area (Å²) in [6.45, 7) is 10.3. The number of epoxide rings is 1. The number of ether oxygens (including phenoxy) is 3. The quantitative estimate of drug-likeness (QED) is 0.472. The number of benzene rings is 2. The number of esters is 1. The van der Waals surface area contributed by atoms with Gasteiger partial charge in [-0.05, 0) is 54.8 Å². The molecule has 1 heterocycles. The summed E-state index contributed by atoms with van der Waals surface area (Å²) >= 11 is 0. The number of aryl methyl sites for hydroxylation is 1. The van der Waals surface area contributed by atoms with Crippen LogP contribution in [0.15, 0.2) is 42.5 Å². The lowest BCUT2D eigenvalue weighted by Crippen LogP contribution is -2.33. The van der Waals surface area contributed by atoms with Crippen molar-refractivity contribution >= 4 is 16.7 Å². The number of fused-ring (bicyclic) bond motifs is 1. The molecule has 0 unspecified atom stereocenters. The number of carbonyl (C=O) groups excluding carboxylic acids is 1. The Kier molecular flexibility index (Phi) is 4.10. The summed E-state index contributed by atoms with van der Waals surface area (Å²) in [5.41, 5.74) is 1.87. The van der Waals surface area contributed by atoms with Crippen molar-refractivity contribution in [3.05, 3.63) is 53.6 Å². The Morgan fingerprint density at radius 3 is 2.62 bits per heavy atom. The van der Waals surface area contributed by atoms with Gasteiger partial charge in [0.25, 0.3) is 0 Å². The summed E-state index contributed by atoms with van der Waals surface area (Å²) in [5, 5.41) is 1.83. The molecule has 2 atom stereocenters. The van der Waals surface area contributed by atoms with E-state index >= 15 is 0 Å². The Hall–Kier alpha value is -2.33. The predicted octanol–water partition coefficient (Wildman–Crippen LogP) is 4.05. The highest BCUT2D eigenvalue weighted by Gasteiger charge is 2.50. The molecule has 0 N–H and O–H groups in total. The molecule has 0 amide bonds. The maximum atomic E-state index is 12.9. The van der Waals surface area contributed by atoms with E-state index in [4.69, 9.17) is 14.2 Å². The summed E-state index contributed by atoms with van der Waals surface area (Å²) in [6.07, 6.45) is -0.462. The van der Waals surface area contributed by atoms with Gasteiger partial charge in [-0.15, -0.1) is 0 Å². The maximum absolute atomic E-state index is 12.9. The molecular formula is C20H22O4. The second-order valence-electron chi connectivity index (χ2n) is 6.58. The Morgan fingerprint density at radius 1 is 1.33 bits per heavy atom. The second kappa shape index (κ2) is 5.95. The average Bonchev–Trinajstić information content (AvgIpc) is 3.30. The highest BCUT2D eigenvalue weighted by Crippen LogP contribution is 2.36. The molecule has 1 aliphatic rings. The zero-order valence-corrected chi connectivity index (χ0v) is 14.5. The molecule has 2 aromatic rings. The van der Waals surface area contributed by atoms with Crippen molar-refractivity contribution in [3.63, 3.8) is 0 Å². The van der Waals surface area contributed by atoms with E-state index in [0.29, 0.717) is 17.9 Å². The van der Waals surface area contributed by atoms with Gasteiger partial charge in [-0.25, -0.2) is 4.79 Å². The number of hydrogen-bond acceptors (Lipinski definition) is 4. The standard InChI is InChI=1S/C20H22O4/c1-12(2)18(20(4)11-23-20)24-19(21)17-10-14(22-5)9-16-13(3)7-6-8-15(16)17/h6-10,18H,1,11H2,2-5H3/t18-,20+/m1/s1. The molecular weight excluding hydrogens is 304 g/mol. The molecule has 24 heavy (non-hydrogen) atoms. The fraction of sp³-hybridized carbons (Fsp3) is 0.350. The van der Waals surface area contributed by atoms with Gasteiger partial charge in [-0.1, -0.05) is 24.8 Å². The minimum absolute atomic E-state index is 0.394. The SMILES string of the molecule is C=C(C)[C@@H](OC(=O)c1cc(OC)cc2c(C)cccc12)[C@]1(C)CO1. The summed E-state index contributed by atoms with van der Waals surface area (Å²) in [4.78, 5) is 12.9. The predicted molar refractivity (Wildman–Crippen MR) is 93.6 cm³/mol.